The van der Waals surface area contributed by atoms with Gasteiger partial charge in [0, 0.05) is 5.69 Å². The van der Waals surface area contributed by atoms with E-state index in [-0.39, 0.29) is 5.91 Å². The molecule has 0 bridgehead atoms. The molecule has 1 N–H and O–H groups in total. The van der Waals surface area contributed by atoms with Gasteiger partial charge < -0.3 is 5.32 Å². The van der Waals surface area contributed by atoms with Crippen LogP contribution in [0.3, 0.4) is 0 Å². The second-order valence-corrected chi connectivity index (χ2v) is 10.5. The van der Waals surface area contributed by atoms with Crippen molar-refractivity contribution in [1.82, 2.24) is 0 Å². The van der Waals surface area contributed by atoms with Crippen LogP contribution in [0.1, 0.15) is 54.4 Å². The van der Waals surface area contributed by atoms with Crippen molar-refractivity contribution < 1.29 is 13.2 Å². The van der Waals surface area contributed by atoms with Crippen molar-refractivity contribution in [2.45, 2.75) is 68.4 Å². The van der Waals surface area contributed by atoms with Gasteiger partial charge in [0.15, 0.2) is 14.6 Å². The molecule has 28 heavy (non-hydrogen) atoms. The number of aryl methyl sites for hydroxylation is 4. The zero-order valence-electron chi connectivity index (χ0n) is 16.5. The highest BCUT2D eigenvalue weighted by atomic mass is 32.2. The van der Waals surface area contributed by atoms with Crippen LogP contribution < -0.4 is 5.32 Å². The molecule has 0 aliphatic heterocycles. The topological polar surface area (TPSA) is 63.2 Å². The largest absolute Gasteiger partial charge is 0.325 e. The molecule has 0 aromatic heterocycles. The minimum atomic E-state index is -3.80. The standard InChI is InChI=1S/C23H27NO3S/c1-16-8-9-17(2)21(14-16)28(26,27)23(12-3-4-13-23)22(25)24-20-11-10-18-6-5-7-19(18)15-20/h8-11,14-15H,3-7,12-13H2,1-2H3,(H,24,25). The van der Waals surface area contributed by atoms with Crippen LogP contribution in [0.2, 0.25) is 0 Å². The second-order valence-electron chi connectivity index (χ2n) is 8.26. The van der Waals surface area contributed by atoms with Gasteiger partial charge in [0.05, 0.1) is 4.90 Å². The fraction of sp³-hybridized carbons (Fsp3) is 0.435. The molecule has 2 aliphatic rings. The first-order chi connectivity index (χ1) is 13.3. The lowest BCUT2D eigenvalue weighted by Crippen LogP contribution is -2.47. The smallest absolute Gasteiger partial charge is 0.246 e. The summed E-state index contributed by atoms with van der Waals surface area (Å²) in [4.78, 5) is 13.7. The first-order valence-corrected chi connectivity index (χ1v) is 11.6. The summed E-state index contributed by atoms with van der Waals surface area (Å²) in [7, 11) is -3.80. The number of nitrogens with one attached hydrogen (secondary N) is 1. The molecule has 148 valence electrons. The molecule has 2 aliphatic carbocycles. The molecular weight excluding hydrogens is 370 g/mol. The van der Waals surface area contributed by atoms with Crippen molar-refractivity contribution in [3.05, 3.63) is 58.7 Å². The predicted octanol–water partition coefficient (Wildman–Crippen LogP) is 4.52. The van der Waals surface area contributed by atoms with E-state index in [1.165, 1.54) is 11.1 Å². The monoisotopic (exact) mass is 397 g/mol. The van der Waals surface area contributed by atoms with Crippen molar-refractivity contribution in [3.63, 3.8) is 0 Å². The van der Waals surface area contributed by atoms with Gasteiger partial charge in [0.25, 0.3) is 0 Å². The van der Waals surface area contributed by atoms with Crippen LogP contribution in [0.4, 0.5) is 5.69 Å². The molecule has 4 nitrogen and oxygen atoms in total. The molecule has 4 rings (SSSR count). The Morgan fingerprint density at radius 1 is 0.929 bits per heavy atom. The average molecular weight is 398 g/mol. The van der Waals surface area contributed by atoms with E-state index >= 15 is 0 Å². The van der Waals surface area contributed by atoms with Crippen molar-refractivity contribution in [3.8, 4) is 0 Å². The normalized spacial score (nSPS) is 18.1. The molecule has 5 heteroatoms. The molecule has 0 unspecified atom stereocenters. The first kappa shape index (κ1) is 19.2. The predicted molar refractivity (Wildman–Crippen MR) is 111 cm³/mol. The Morgan fingerprint density at radius 3 is 2.39 bits per heavy atom. The molecule has 2 aromatic rings. The van der Waals surface area contributed by atoms with Gasteiger partial charge in [-0.15, -0.1) is 0 Å². The number of hydrogen-bond donors (Lipinski definition) is 1. The third kappa shape index (κ3) is 3.06. The van der Waals surface area contributed by atoms with E-state index in [4.69, 9.17) is 0 Å². The maximum absolute atomic E-state index is 13.7. The number of sulfone groups is 1. The Hall–Kier alpha value is -2.14. The minimum absolute atomic E-state index is 0.290. The molecule has 2 aromatic carbocycles. The van der Waals surface area contributed by atoms with Gasteiger partial charge in [-0.1, -0.05) is 31.0 Å². The third-order valence-corrected chi connectivity index (χ3v) is 8.97. The molecule has 0 heterocycles. The maximum Gasteiger partial charge on any atom is 0.246 e. The van der Waals surface area contributed by atoms with Crippen LogP contribution in [0, 0.1) is 13.8 Å². The Bertz CT molecular complexity index is 1030. The molecule has 0 spiro atoms. The summed E-state index contributed by atoms with van der Waals surface area (Å²) in [6.45, 7) is 3.68. The average Bonchev–Trinajstić information content (AvgIpc) is 3.33. The second kappa shape index (κ2) is 7.03. The highest BCUT2D eigenvalue weighted by Crippen LogP contribution is 2.42. The molecule has 0 saturated heterocycles. The van der Waals surface area contributed by atoms with Crippen LogP contribution in [0.15, 0.2) is 41.3 Å². The molecule has 1 fully saturated rings. The number of amides is 1. The summed E-state index contributed by atoms with van der Waals surface area (Å²) >= 11 is 0. The van der Waals surface area contributed by atoms with E-state index in [9.17, 15) is 13.2 Å². The van der Waals surface area contributed by atoms with E-state index in [2.05, 4.69) is 11.4 Å². The van der Waals surface area contributed by atoms with Crippen molar-refractivity contribution >= 4 is 21.4 Å². The number of fused-ring (bicyclic) bond motifs is 1. The number of anilines is 1. The van der Waals surface area contributed by atoms with Crippen LogP contribution in [0.25, 0.3) is 0 Å². The van der Waals surface area contributed by atoms with Crippen LogP contribution in [0.5, 0.6) is 0 Å². The molecule has 1 amide bonds. The molecule has 0 atom stereocenters. The lowest BCUT2D eigenvalue weighted by Gasteiger charge is -2.28. The van der Waals surface area contributed by atoms with E-state index in [1.807, 2.05) is 31.2 Å². The summed E-state index contributed by atoms with van der Waals surface area (Å²) in [5.41, 5.74) is 4.87. The van der Waals surface area contributed by atoms with Gasteiger partial charge in [0.2, 0.25) is 5.91 Å². The number of benzene rings is 2. The quantitative estimate of drug-likeness (QED) is 0.825. The summed E-state index contributed by atoms with van der Waals surface area (Å²) < 4.78 is 26.0. The highest BCUT2D eigenvalue weighted by Gasteiger charge is 2.53. The van der Waals surface area contributed by atoms with Gasteiger partial charge in [-0.05, 0) is 86.4 Å². The Kier molecular flexibility index (Phi) is 4.82. The summed E-state index contributed by atoms with van der Waals surface area (Å²) in [5.74, 6) is -0.385. The van der Waals surface area contributed by atoms with Crippen LogP contribution in [-0.4, -0.2) is 19.1 Å². The molecule has 1 saturated carbocycles. The summed E-state index contributed by atoms with van der Waals surface area (Å²) in [5, 5.41) is 2.95. The third-order valence-electron chi connectivity index (χ3n) is 6.33. The highest BCUT2D eigenvalue weighted by molar-refractivity contribution is 7.93. The van der Waals surface area contributed by atoms with Crippen molar-refractivity contribution in [2.75, 3.05) is 5.32 Å². The lowest BCUT2D eigenvalue weighted by atomic mass is 10.1. The first-order valence-electron chi connectivity index (χ1n) is 10.1. The van der Waals surface area contributed by atoms with E-state index in [0.717, 1.165) is 37.7 Å². The summed E-state index contributed by atoms with van der Waals surface area (Å²) in [6.07, 6.45) is 5.49. The Balaban J connectivity index is 1.71. The van der Waals surface area contributed by atoms with Crippen LogP contribution >= 0.6 is 0 Å². The van der Waals surface area contributed by atoms with Gasteiger partial charge in [-0.2, -0.15) is 0 Å². The summed E-state index contributed by atoms with van der Waals surface area (Å²) in [6, 6.07) is 11.4. The van der Waals surface area contributed by atoms with Crippen LogP contribution in [-0.2, 0) is 27.5 Å². The maximum atomic E-state index is 13.7. The number of rotatable bonds is 4. The Labute approximate surface area is 167 Å². The van der Waals surface area contributed by atoms with Gasteiger partial charge in [0.1, 0.15) is 0 Å². The van der Waals surface area contributed by atoms with Gasteiger partial charge >= 0.3 is 0 Å². The molecular formula is C23H27NO3S. The van der Waals surface area contributed by atoms with E-state index in [1.54, 1.807) is 13.0 Å². The minimum Gasteiger partial charge on any atom is -0.325 e. The van der Waals surface area contributed by atoms with Crippen molar-refractivity contribution in [1.29, 1.82) is 0 Å². The number of carbonyl (C=O) groups excluding carboxylic acids is 1. The zero-order valence-corrected chi connectivity index (χ0v) is 17.4. The number of carbonyl (C=O) groups is 1. The fourth-order valence-corrected chi connectivity index (χ4v) is 7.04. The van der Waals surface area contributed by atoms with Gasteiger partial charge in [-0.3, -0.25) is 4.79 Å². The number of hydrogen-bond acceptors (Lipinski definition) is 3. The fourth-order valence-electron chi connectivity index (χ4n) is 4.67. The lowest BCUT2D eigenvalue weighted by molar-refractivity contribution is -0.118. The zero-order chi connectivity index (χ0) is 19.9. The Morgan fingerprint density at radius 2 is 1.64 bits per heavy atom. The molecule has 0 radical (unpaired) electrons. The van der Waals surface area contributed by atoms with Gasteiger partial charge in [-0.25, -0.2) is 8.42 Å². The van der Waals surface area contributed by atoms with E-state index < -0.39 is 14.6 Å². The van der Waals surface area contributed by atoms with E-state index in [0.29, 0.717) is 29.0 Å². The van der Waals surface area contributed by atoms with Crippen molar-refractivity contribution in [2.24, 2.45) is 0 Å². The SMILES string of the molecule is Cc1ccc(C)c(S(=O)(=O)C2(C(=O)Nc3ccc4c(c3)CCC4)CCCC2)c1.